The Bertz CT molecular complexity index is 928. The summed E-state index contributed by atoms with van der Waals surface area (Å²) in [4.78, 5) is 27.9. The summed E-state index contributed by atoms with van der Waals surface area (Å²) in [6, 6.07) is 16.8. The summed E-state index contributed by atoms with van der Waals surface area (Å²) in [5.41, 5.74) is 2.02. The number of nitriles is 1. The number of hydrogen-bond donors (Lipinski definition) is 1. The summed E-state index contributed by atoms with van der Waals surface area (Å²) >= 11 is 0. The smallest absolute Gasteiger partial charge is 0.303 e. The van der Waals surface area contributed by atoms with Crippen molar-refractivity contribution in [2.45, 2.75) is 32.4 Å². The largest absolute Gasteiger partial charge is 0.459 e. The maximum Gasteiger partial charge on any atom is 0.303 e. The fourth-order valence-corrected chi connectivity index (χ4v) is 2.91. The van der Waals surface area contributed by atoms with Crippen LogP contribution < -0.4 is 5.32 Å². The maximum atomic E-state index is 12.7. The minimum absolute atomic E-state index is 0.0151. The zero-order valence-corrected chi connectivity index (χ0v) is 15.6. The van der Waals surface area contributed by atoms with Crippen LogP contribution in [0.4, 0.5) is 0 Å². The molecule has 2 aromatic rings. The van der Waals surface area contributed by atoms with E-state index >= 15 is 0 Å². The molecule has 1 amide bonds. The number of carbonyl (C=O) groups is 2. The number of carbonyl (C=O) groups excluding carboxylic acids is 2. The number of hydrogen-bond acceptors (Lipinski definition) is 5. The van der Waals surface area contributed by atoms with Crippen LogP contribution in [-0.4, -0.2) is 16.9 Å². The minimum atomic E-state index is -0.421. The average Bonchev–Trinajstić information content (AvgIpc) is 3.54. The molecule has 1 heterocycles. The first kappa shape index (κ1) is 19.3. The highest BCUT2D eigenvalue weighted by Gasteiger charge is 2.33. The van der Waals surface area contributed by atoms with E-state index in [1.54, 1.807) is 18.2 Å². The van der Waals surface area contributed by atoms with Crippen LogP contribution in [0, 0.1) is 17.2 Å². The van der Waals surface area contributed by atoms with Crippen molar-refractivity contribution in [2.24, 2.45) is 5.92 Å². The minimum Gasteiger partial charge on any atom is -0.459 e. The van der Waals surface area contributed by atoms with Crippen LogP contribution in [0.3, 0.4) is 0 Å². The molecule has 28 heavy (non-hydrogen) atoms. The molecule has 6 heteroatoms. The molecule has 0 aliphatic heterocycles. The molecule has 6 nitrogen and oxygen atoms in total. The molecular weight excluding hydrogens is 354 g/mol. The Hall–Kier alpha value is -3.46. The molecule has 1 N–H and O–H groups in total. The summed E-state index contributed by atoms with van der Waals surface area (Å²) < 4.78 is 4.93. The van der Waals surface area contributed by atoms with Crippen LogP contribution in [0.25, 0.3) is 6.08 Å². The first-order valence-corrected chi connectivity index (χ1v) is 9.13. The van der Waals surface area contributed by atoms with E-state index in [-0.39, 0.29) is 18.2 Å². The first-order chi connectivity index (χ1) is 13.6. The van der Waals surface area contributed by atoms with Gasteiger partial charge in [-0.05, 0) is 42.5 Å². The molecule has 1 aromatic heterocycles. The second-order valence-electron chi connectivity index (χ2n) is 6.70. The van der Waals surface area contributed by atoms with Crippen LogP contribution in [0.2, 0.25) is 0 Å². The fraction of sp³-hybridized carbons (Fsp3) is 0.273. The quantitative estimate of drug-likeness (QED) is 0.455. The number of nitrogens with one attached hydrogen (secondary N) is 1. The summed E-state index contributed by atoms with van der Waals surface area (Å²) in [5, 5.41) is 12.5. The van der Waals surface area contributed by atoms with E-state index in [1.807, 2.05) is 36.4 Å². The van der Waals surface area contributed by atoms with Crippen molar-refractivity contribution in [3.63, 3.8) is 0 Å². The number of benzene rings is 1. The Morgan fingerprint density at radius 3 is 2.64 bits per heavy atom. The van der Waals surface area contributed by atoms with Gasteiger partial charge in [0.2, 0.25) is 0 Å². The number of pyridine rings is 1. The van der Waals surface area contributed by atoms with Gasteiger partial charge in [0.25, 0.3) is 5.91 Å². The zero-order chi connectivity index (χ0) is 19.9. The molecule has 1 aromatic carbocycles. The molecule has 3 rings (SSSR count). The van der Waals surface area contributed by atoms with Gasteiger partial charge in [0.1, 0.15) is 18.2 Å². The van der Waals surface area contributed by atoms with Crippen molar-refractivity contribution in [1.82, 2.24) is 10.3 Å². The highest BCUT2D eigenvalue weighted by atomic mass is 16.5. The number of rotatable bonds is 7. The third kappa shape index (κ3) is 5.27. The van der Waals surface area contributed by atoms with Gasteiger partial charge in [-0.2, -0.15) is 5.26 Å². The Labute approximate surface area is 163 Å². The molecule has 142 valence electrons. The highest BCUT2D eigenvalue weighted by molar-refractivity contribution is 6.01. The Kier molecular flexibility index (Phi) is 6.18. The van der Waals surface area contributed by atoms with Gasteiger partial charge in [0.15, 0.2) is 0 Å². The van der Waals surface area contributed by atoms with Crippen molar-refractivity contribution >= 4 is 18.0 Å². The second-order valence-corrected chi connectivity index (χ2v) is 6.70. The summed E-state index contributed by atoms with van der Waals surface area (Å²) in [5.74, 6) is -0.418. The van der Waals surface area contributed by atoms with E-state index in [4.69, 9.17) is 4.74 Å². The van der Waals surface area contributed by atoms with Crippen LogP contribution in [0.15, 0.2) is 54.1 Å². The molecule has 1 aliphatic rings. The lowest BCUT2D eigenvalue weighted by molar-refractivity contribution is -0.142. The van der Waals surface area contributed by atoms with Gasteiger partial charge in [-0.15, -0.1) is 0 Å². The van der Waals surface area contributed by atoms with Crippen LogP contribution >= 0.6 is 0 Å². The standard InChI is InChI=1S/C22H21N3O3/c1-15(26)28-14-20-9-5-8-19(24-20)12-18(13-23)22(27)25-21(17-10-11-17)16-6-3-2-4-7-16/h2-9,12,17,21H,10-11,14H2,1H3,(H,25,27)/t21-/m1/s1. The lowest BCUT2D eigenvalue weighted by atomic mass is 10.0. The lowest BCUT2D eigenvalue weighted by Gasteiger charge is -2.18. The van der Waals surface area contributed by atoms with E-state index in [9.17, 15) is 14.9 Å². The number of amides is 1. The van der Waals surface area contributed by atoms with E-state index < -0.39 is 11.9 Å². The number of aromatic nitrogens is 1. The van der Waals surface area contributed by atoms with Gasteiger partial charge in [-0.1, -0.05) is 36.4 Å². The monoisotopic (exact) mass is 375 g/mol. The summed E-state index contributed by atoms with van der Waals surface area (Å²) in [6.45, 7) is 1.37. The fourth-order valence-electron chi connectivity index (χ4n) is 2.91. The molecular formula is C22H21N3O3. The molecule has 0 spiro atoms. The topological polar surface area (TPSA) is 92.1 Å². The van der Waals surface area contributed by atoms with Crippen LogP contribution in [0.1, 0.15) is 42.8 Å². The first-order valence-electron chi connectivity index (χ1n) is 9.13. The Balaban J connectivity index is 1.75. The van der Waals surface area contributed by atoms with Crippen LogP contribution in [0.5, 0.6) is 0 Å². The second kappa shape index (κ2) is 8.96. The van der Waals surface area contributed by atoms with E-state index in [1.165, 1.54) is 13.0 Å². The molecule has 0 unspecified atom stereocenters. The van der Waals surface area contributed by atoms with Gasteiger partial charge in [0.05, 0.1) is 17.4 Å². The van der Waals surface area contributed by atoms with Crippen molar-refractivity contribution in [3.8, 4) is 6.07 Å². The molecule has 1 fully saturated rings. The van der Waals surface area contributed by atoms with Crippen molar-refractivity contribution in [1.29, 1.82) is 5.26 Å². The molecule has 1 atom stereocenters. The van der Waals surface area contributed by atoms with E-state index in [0.29, 0.717) is 17.3 Å². The van der Waals surface area contributed by atoms with Gasteiger partial charge in [-0.3, -0.25) is 9.59 Å². The van der Waals surface area contributed by atoms with Crippen LogP contribution in [-0.2, 0) is 20.9 Å². The molecule has 0 saturated heterocycles. The van der Waals surface area contributed by atoms with E-state index in [2.05, 4.69) is 10.3 Å². The van der Waals surface area contributed by atoms with Crippen molar-refractivity contribution in [2.75, 3.05) is 0 Å². The molecule has 0 radical (unpaired) electrons. The molecule has 0 bridgehead atoms. The number of ether oxygens (including phenoxy) is 1. The summed E-state index contributed by atoms with van der Waals surface area (Å²) in [7, 11) is 0. The SMILES string of the molecule is CC(=O)OCc1cccc(C=C(C#N)C(=O)N[C@H](c2ccccc2)C2CC2)n1. The predicted molar refractivity (Wildman–Crippen MR) is 103 cm³/mol. The van der Waals surface area contributed by atoms with Gasteiger partial charge in [0, 0.05) is 6.92 Å². The summed E-state index contributed by atoms with van der Waals surface area (Å²) in [6.07, 6.45) is 3.57. The lowest BCUT2D eigenvalue weighted by Crippen LogP contribution is -2.30. The van der Waals surface area contributed by atoms with Gasteiger partial charge >= 0.3 is 5.97 Å². The average molecular weight is 375 g/mol. The van der Waals surface area contributed by atoms with E-state index in [0.717, 1.165) is 18.4 Å². The number of esters is 1. The normalized spacial score (nSPS) is 14.6. The molecule has 1 aliphatic carbocycles. The van der Waals surface area contributed by atoms with Gasteiger partial charge in [-0.25, -0.2) is 4.98 Å². The third-order valence-electron chi connectivity index (χ3n) is 4.45. The van der Waals surface area contributed by atoms with Crippen molar-refractivity contribution in [3.05, 3.63) is 71.1 Å². The predicted octanol–water partition coefficient (Wildman–Crippen LogP) is 3.32. The molecule has 1 saturated carbocycles. The maximum absolute atomic E-state index is 12.7. The Morgan fingerprint density at radius 1 is 1.25 bits per heavy atom. The third-order valence-corrected chi connectivity index (χ3v) is 4.45. The van der Waals surface area contributed by atoms with Gasteiger partial charge < -0.3 is 10.1 Å². The highest BCUT2D eigenvalue weighted by Crippen LogP contribution is 2.41. The number of nitrogens with zero attached hydrogens (tertiary/aromatic N) is 2. The Morgan fingerprint density at radius 2 is 2.00 bits per heavy atom. The van der Waals surface area contributed by atoms with Crippen molar-refractivity contribution < 1.29 is 14.3 Å². The zero-order valence-electron chi connectivity index (χ0n) is 15.6.